The van der Waals surface area contributed by atoms with Gasteiger partial charge in [0.15, 0.2) is 5.60 Å². The number of likely N-dealkylation sites (tertiary alicyclic amines) is 1. The van der Waals surface area contributed by atoms with Gasteiger partial charge in [0.25, 0.3) is 0 Å². The molecule has 1 aliphatic carbocycles. The van der Waals surface area contributed by atoms with Crippen LogP contribution in [-0.4, -0.2) is 78.1 Å². The van der Waals surface area contributed by atoms with Gasteiger partial charge in [0.05, 0.1) is 13.2 Å². The van der Waals surface area contributed by atoms with E-state index >= 15 is 0 Å². The molecule has 1 fully saturated rings. The van der Waals surface area contributed by atoms with E-state index in [-0.39, 0.29) is 38.6 Å². The summed E-state index contributed by atoms with van der Waals surface area (Å²) in [6.45, 7) is -0.101. The third-order valence-electron chi connectivity index (χ3n) is 6.45. The van der Waals surface area contributed by atoms with Gasteiger partial charge in [-0.3, -0.25) is 4.79 Å². The molecule has 1 unspecified atom stereocenters. The van der Waals surface area contributed by atoms with Crippen LogP contribution in [0.3, 0.4) is 0 Å². The van der Waals surface area contributed by atoms with Gasteiger partial charge in [-0.25, -0.2) is 9.59 Å². The highest BCUT2D eigenvalue weighted by Crippen LogP contribution is 2.44. The van der Waals surface area contributed by atoms with Gasteiger partial charge < -0.3 is 29.9 Å². The molecule has 34 heavy (non-hydrogen) atoms. The molecule has 1 heterocycles. The maximum Gasteiger partial charge on any atom is 0.407 e. The van der Waals surface area contributed by atoms with E-state index in [4.69, 9.17) is 9.47 Å². The van der Waals surface area contributed by atoms with E-state index < -0.39 is 29.6 Å². The Labute approximate surface area is 197 Å². The number of nitrogens with one attached hydrogen (secondary N) is 1. The fourth-order valence-electron chi connectivity index (χ4n) is 4.74. The van der Waals surface area contributed by atoms with Crippen LogP contribution in [0.4, 0.5) is 4.79 Å². The SMILES string of the molecule is COC[C@H](NC(=O)OCC1c2ccccc2-c2ccccc21)C(=O)N1CCCC(O)(C(=O)O)C1. The zero-order chi connectivity index (χ0) is 24.3. The lowest BCUT2D eigenvalue weighted by Crippen LogP contribution is -2.59. The zero-order valence-electron chi connectivity index (χ0n) is 18.9. The highest BCUT2D eigenvalue weighted by Gasteiger charge is 2.43. The molecule has 0 radical (unpaired) electrons. The van der Waals surface area contributed by atoms with Crippen molar-refractivity contribution in [3.8, 4) is 11.1 Å². The number of methoxy groups -OCH3 is 1. The largest absolute Gasteiger partial charge is 0.479 e. The molecule has 2 aliphatic rings. The molecule has 0 spiro atoms. The lowest BCUT2D eigenvalue weighted by Gasteiger charge is -2.37. The average Bonchev–Trinajstić information content (AvgIpc) is 3.16. The molecule has 9 nitrogen and oxygen atoms in total. The van der Waals surface area contributed by atoms with E-state index in [1.807, 2.05) is 48.5 Å². The van der Waals surface area contributed by atoms with Gasteiger partial charge in [-0.2, -0.15) is 0 Å². The number of aliphatic hydroxyl groups is 1. The van der Waals surface area contributed by atoms with E-state index in [0.29, 0.717) is 6.42 Å². The molecule has 1 aliphatic heterocycles. The lowest BCUT2D eigenvalue weighted by atomic mass is 9.92. The van der Waals surface area contributed by atoms with Gasteiger partial charge in [-0.1, -0.05) is 48.5 Å². The van der Waals surface area contributed by atoms with Crippen molar-refractivity contribution < 1.29 is 34.1 Å². The quantitative estimate of drug-likeness (QED) is 0.567. The summed E-state index contributed by atoms with van der Waals surface area (Å²) in [4.78, 5) is 38.3. The molecule has 2 atom stereocenters. The van der Waals surface area contributed by atoms with Crippen molar-refractivity contribution in [2.45, 2.75) is 30.4 Å². The summed E-state index contributed by atoms with van der Waals surface area (Å²) in [7, 11) is 1.39. The summed E-state index contributed by atoms with van der Waals surface area (Å²) in [5, 5.41) is 22.1. The number of carbonyl (C=O) groups excluding carboxylic acids is 2. The first-order valence-electron chi connectivity index (χ1n) is 11.2. The van der Waals surface area contributed by atoms with E-state index in [0.717, 1.165) is 22.3 Å². The number of carbonyl (C=O) groups is 3. The van der Waals surface area contributed by atoms with Crippen molar-refractivity contribution in [1.29, 1.82) is 0 Å². The predicted molar refractivity (Wildman–Crippen MR) is 122 cm³/mol. The summed E-state index contributed by atoms with van der Waals surface area (Å²) in [6.07, 6.45) is -0.386. The Morgan fingerprint density at radius 3 is 2.32 bits per heavy atom. The van der Waals surface area contributed by atoms with E-state index in [1.54, 1.807) is 0 Å². The van der Waals surface area contributed by atoms with Crippen molar-refractivity contribution in [2.75, 3.05) is 33.4 Å². The monoisotopic (exact) mass is 468 g/mol. The fraction of sp³-hybridized carbons (Fsp3) is 0.400. The number of piperidine rings is 1. The van der Waals surface area contributed by atoms with Crippen molar-refractivity contribution in [3.05, 3.63) is 59.7 Å². The second-order valence-electron chi connectivity index (χ2n) is 8.68. The number of amides is 2. The van der Waals surface area contributed by atoms with E-state index in [1.165, 1.54) is 12.0 Å². The molecule has 2 amide bonds. The molecule has 4 rings (SSSR count). The van der Waals surface area contributed by atoms with Gasteiger partial charge in [0, 0.05) is 19.6 Å². The summed E-state index contributed by atoms with van der Waals surface area (Å²) in [5.41, 5.74) is 2.35. The summed E-state index contributed by atoms with van der Waals surface area (Å²) >= 11 is 0. The Kier molecular flexibility index (Phi) is 6.85. The van der Waals surface area contributed by atoms with Crippen LogP contribution in [0.15, 0.2) is 48.5 Å². The summed E-state index contributed by atoms with van der Waals surface area (Å²) in [5.74, 6) is -2.03. The Balaban J connectivity index is 1.41. The third-order valence-corrected chi connectivity index (χ3v) is 6.45. The number of carboxylic acid groups (broad SMARTS) is 1. The molecule has 0 bridgehead atoms. The number of benzene rings is 2. The topological polar surface area (TPSA) is 125 Å². The normalized spacial score (nSPS) is 20.2. The molecule has 3 N–H and O–H groups in total. The Hall–Kier alpha value is -3.43. The number of rotatable bonds is 7. The number of nitrogens with zero attached hydrogens (tertiary/aromatic N) is 1. The predicted octanol–water partition coefficient (Wildman–Crippen LogP) is 1.98. The van der Waals surface area contributed by atoms with Crippen LogP contribution in [0.5, 0.6) is 0 Å². The number of ether oxygens (including phenoxy) is 2. The van der Waals surface area contributed by atoms with Gasteiger partial charge in [0.1, 0.15) is 12.6 Å². The molecule has 9 heteroatoms. The van der Waals surface area contributed by atoms with Crippen LogP contribution < -0.4 is 5.32 Å². The number of β-amino-alcohol motifs (C(OH)–C–C–N with tert-alkyl or cyclic N) is 1. The zero-order valence-corrected chi connectivity index (χ0v) is 18.9. The van der Waals surface area contributed by atoms with Crippen molar-refractivity contribution in [3.63, 3.8) is 0 Å². The van der Waals surface area contributed by atoms with Crippen molar-refractivity contribution in [1.82, 2.24) is 10.2 Å². The Bertz CT molecular complexity index is 1040. The number of fused-ring (bicyclic) bond motifs is 3. The van der Waals surface area contributed by atoms with Crippen LogP contribution in [0.2, 0.25) is 0 Å². The maximum absolute atomic E-state index is 13.0. The highest BCUT2D eigenvalue weighted by atomic mass is 16.5. The number of alkyl carbamates (subject to hydrolysis) is 1. The maximum atomic E-state index is 13.0. The number of aliphatic carboxylic acids is 1. The summed E-state index contributed by atoms with van der Waals surface area (Å²) < 4.78 is 10.6. The van der Waals surface area contributed by atoms with Gasteiger partial charge >= 0.3 is 12.1 Å². The molecular weight excluding hydrogens is 440 g/mol. The van der Waals surface area contributed by atoms with Crippen LogP contribution in [0.1, 0.15) is 29.9 Å². The standard InChI is InChI=1S/C25H28N2O7/c1-33-14-21(22(28)27-12-6-11-25(32,15-27)23(29)30)26-24(31)34-13-20-18-9-4-2-7-16(18)17-8-3-5-10-19(17)20/h2-5,7-10,20-21,32H,6,11-15H2,1H3,(H,26,31)(H,29,30)/t21-,25?/m0/s1. The molecule has 0 aromatic heterocycles. The molecule has 2 aromatic rings. The third kappa shape index (κ3) is 4.62. The first-order valence-corrected chi connectivity index (χ1v) is 11.2. The smallest absolute Gasteiger partial charge is 0.407 e. The van der Waals surface area contributed by atoms with Gasteiger partial charge in [-0.15, -0.1) is 0 Å². The van der Waals surface area contributed by atoms with Crippen molar-refractivity contribution >= 4 is 18.0 Å². The first-order chi connectivity index (χ1) is 16.3. The number of carboxylic acids is 1. The molecule has 2 aromatic carbocycles. The molecule has 180 valence electrons. The minimum absolute atomic E-state index is 0.0564. The van der Waals surface area contributed by atoms with Crippen LogP contribution in [-0.2, 0) is 19.1 Å². The molecular formula is C25H28N2O7. The minimum atomic E-state index is -2.00. The van der Waals surface area contributed by atoms with Crippen LogP contribution in [0, 0.1) is 0 Å². The van der Waals surface area contributed by atoms with Crippen LogP contribution in [0.25, 0.3) is 11.1 Å². The second-order valence-corrected chi connectivity index (χ2v) is 8.68. The lowest BCUT2D eigenvalue weighted by molar-refractivity contribution is -0.167. The molecule has 1 saturated heterocycles. The average molecular weight is 469 g/mol. The number of hydrogen-bond donors (Lipinski definition) is 3. The second kappa shape index (κ2) is 9.82. The number of hydrogen-bond acceptors (Lipinski definition) is 6. The minimum Gasteiger partial charge on any atom is -0.479 e. The van der Waals surface area contributed by atoms with Crippen molar-refractivity contribution in [2.24, 2.45) is 0 Å². The van der Waals surface area contributed by atoms with E-state index in [2.05, 4.69) is 5.32 Å². The van der Waals surface area contributed by atoms with Gasteiger partial charge in [-0.05, 0) is 35.1 Å². The summed E-state index contributed by atoms with van der Waals surface area (Å²) in [6, 6.07) is 14.9. The Morgan fingerprint density at radius 2 is 1.74 bits per heavy atom. The first kappa shape index (κ1) is 23.7. The highest BCUT2D eigenvalue weighted by molar-refractivity contribution is 5.87. The Morgan fingerprint density at radius 1 is 1.12 bits per heavy atom. The fourth-order valence-corrected chi connectivity index (χ4v) is 4.74. The van der Waals surface area contributed by atoms with E-state index in [9.17, 15) is 24.6 Å². The molecule has 0 saturated carbocycles. The van der Waals surface area contributed by atoms with Crippen LogP contribution >= 0.6 is 0 Å². The van der Waals surface area contributed by atoms with Gasteiger partial charge in [0.2, 0.25) is 5.91 Å².